The average molecular weight is 515 g/mol. The summed E-state index contributed by atoms with van der Waals surface area (Å²) in [6, 6.07) is 25.9. The number of carbonyl (C=O) groups excluding carboxylic acids is 2. The molecule has 2 N–H and O–H groups in total. The van der Waals surface area contributed by atoms with Gasteiger partial charge in [-0.2, -0.15) is 0 Å². The van der Waals surface area contributed by atoms with Crippen LogP contribution in [0.4, 0.5) is 5.13 Å². The maximum Gasteiger partial charge on any atom is 0.249 e. The van der Waals surface area contributed by atoms with Crippen molar-refractivity contribution in [2.24, 2.45) is 5.92 Å². The van der Waals surface area contributed by atoms with E-state index in [1.807, 2.05) is 98.8 Å². The number of hydrogen-bond donors (Lipinski definition) is 2. The summed E-state index contributed by atoms with van der Waals surface area (Å²) in [5.41, 5.74) is 2.60. The van der Waals surface area contributed by atoms with Gasteiger partial charge in [0, 0.05) is 5.56 Å². The topological polar surface area (TPSA) is 93.2 Å². The van der Waals surface area contributed by atoms with Crippen LogP contribution in [-0.2, 0) is 9.59 Å². The van der Waals surface area contributed by atoms with Gasteiger partial charge in [-0.25, -0.2) is 0 Å². The Bertz CT molecular complexity index is 1270. The zero-order chi connectivity index (χ0) is 26.2. The van der Waals surface area contributed by atoms with Crippen molar-refractivity contribution in [1.82, 2.24) is 15.5 Å². The molecule has 0 aliphatic rings. The molecule has 37 heavy (non-hydrogen) atoms. The largest absolute Gasteiger partial charge is 0.497 e. The number of hydrogen-bond acceptors (Lipinski definition) is 6. The summed E-state index contributed by atoms with van der Waals surface area (Å²) in [4.78, 5) is 27.0. The summed E-state index contributed by atoms with van der Waals surface area (Å²) in [5.74, 6) is -0.428. The van der Waals surface area contributed by atoms with Gasteiger partial charge in [0.1, 0.15) is 16.8 Å². The van der Waals surface area contributed by atoms with Crippen LogP contribution in [0, 0.1) is 5.92 Å². The highest BCUT2D eigenvalue weighted by molar-refractivity contribution is 7.18. The second-order valence-electron chi connectivity index (χ2n) is 8.76. The van der Waals surface area contributed by atoms with E-state index in [9.17, 15) is 9.59 Å². The fourth-order valence-corrected chi connectivity index (χ4v) is 4.78. The smallest absolute Gasteiger partial charge is 0.249 e. The zero-order valence-corrected chi connectivity index (χ0v) is 21.9. The normalized spacial score (nSPS) is 12.5. The number of methoxy groups -OCH3 is 1. The molecule has 0 fully saturated rings. The van der Waals surface area contributed by atoms with Gasteiger partial charge in [-0.1, -0.05) is 92.3 Å². The van der Waals surface area contributed by atoms with Crippen LogP contribution in [0.2, 0.25) is 0 Å². The molecule has 7 nitrogen and oxygen atoms in total. The quantitative estimate of drug-likeness (QED) is 0.291. The van der Waals surface area contributed by atoms with Gasteiger partial charge in [0.2, 0.25) is 16.9 Å². The highest BCUT2D eigenvalue weighted by Crippen LogP contribution is 2.29. The van der Waals surface area contributed by atoms with Crippen molar-refractivity contribution in [1.29, 1.82) is 0 Å². The van der Waals surface area contributed by atoms with Gasteiger partial charge >= 0.3 is 0 Å². The Hall–Kier alpha value is -4.04. The molecule has 0 aliphatic carbocycles. The first kappa shape index (κ1) is 26.0. The summed E-state index contributed by atoms with van der Waals surface area (Å²) < 4.78 is 5.20. The monoisotopic (exact) mass is 514 g/mol. The number of carbonyl (C=O) groups is 2. The van der Waals surface area contributed by atoms with Crippen molar-refractivity contribution in [3.8, 4) is 16.3 Å². The summed E-state index contributed by atoms with van der Waals surface area (Å²) in [7, 11) is 1.61. The molecule has 0 radical (unpaired) electrons. The Kier molecular flexibility index (Phi) is 8.64. The van der Waals surface area contributed by atoms with Crippen LogP contribution in [0.15, 0.2) is 84.9 Å². The molecule has 2 unspecified atom stereocenters. The molecule has 0 bridgehead atoms. The van der Waals surface area contributed by atoms with Crippen molar-refractivity contribution < 1.29 is 14.3 Å². The average Bonchev–Trinajstić information content (AvgIpc) is 3.41. The fourth-order valence-electron chi connectivity index (χ4n) is 4.03. The van der Waals surface area contributed by atoms with Crippen LogP contribution in [-0.4, -0.2) is 35.2 Å². The van der Waals surface area contributed by atoms with Crippen LogP contribution in [0.1, 0.15) is 37.3 Å². The third-order valence-electron chi connectivity index (χ3n) is 6.31. The lowest BCUT2D eigenvalue weighted by Crippen LogP contribution is -2.49. The van der Waals surface area contributed by atoms with E-state index in [1.54, 1.807) is 7.11 Å². The molecule has 3 aromatic carbocycles. The van der Waals surface area contributed by atoms with Crippen LogP contribution >= 0.6 is 11.3 Å². The molecule has 1 heterocycles. The maximum absolute atomic E-state index is 13.6. The number of aromatic nitrogens is 2. The number of nitrogens with one attached hydrogen (secondary N) is 2. The molecule has 4 rings (SSSR count). The highest BCUT2D eigenvalue weighted by Gasteiger charge is 2.31. The summed E-state index contributed by atoms with van der Waals surface area (Å²) in [6.45, 7) is 3.95. The van der Waals surface area contributed by atoms with E-state index < -0.39 is 12.0 Å². The molecule has 0 spiro atoms. The van der Waals surface area contributed by atoms with Gasteiger partial charge in [0.05, 0.1) is 13.0 Å². The number of amides is 2. The molecule has 2 atom stereocenters. The van der Waals surface area contributed by atoms with Crippen molar-refractivity contribution in [2.45, 2.75) is 32.2 Å². The molecule has 1 aromatic heterocycles. The molecule has 8 heteroatoms. The molecule has 0 saturated carbocycles. The second-order valence-corrected chi connectivity index (χ2v) is 9.73. The molecule has 0 aliphatic heterocycles. The van der Waals surface area contributed by atoms with Gasteiger partial charge in [0.15, 0.2) is 0 Å². The van der Waals surface area contributed by atoms with Gasteiger partial charge in [-0.3, -0.25) is 14.9 Å². The minimum atomic E-state index is -0.735. The number of ether oxygens (including phenoxy) is 1. The summed E-state index contributed by atoms with van der Waals surface area (Å²) in [5, 5.41) is 15.3. The Balaban J connectivity index is 1.53. The third-order valence-corrected chi connectivity index (χ3v) is 7.20. The molecular weight excluding hydrogens is 484 g/mol. The van der Waals surface area contributed by atoms with Crippen molar-refractivity contribution in [3.05, 3.63) is 96.1 Å². The molecule has 190 valence electrons. The number of rotatable bonds is 10. The lowest BCUT2D eigenvalue weighted by atomic mass is 9.89. The standard InChI is InChI=1S/C29H30N4O3S/c1-4-19(2)25(27(35)31-29-33-32-28(37-29)22-15-17-23(36-3)18-16-22)30-26(34)24(20-11-7-5-8-12-20)21-13-9-6-10-14-21/h5-19,24-25H,4H2,1-3H3,(H,30,34)(H,31,33,35). The SMILES string of the molecule is CCC(C)C(NC(=O)C(c1ccccc1)c1ccccc1)C(=O)Nc1nnc(-c2ccc(OC)cc2)s1. The van der Waals surface area contributed by atoms with E-state index >= 15 is 0 Å². The van der Waals surface area contributed by atoms with Crippen LogP contribution in [0.25, 0.3) is 10.6 Å². The lowest BCUT2D eigenvalue weighted by Gasteiger charge is -2.26. The summed E-state index contributed by atoms with van der Waals surface area (Å²) >= 11 is 1.28. The highest BCUT2D eigenvalue weighted by atomic mass is 32.1. The minimum Gasteiger partial charge on any atom is -0.497 e. The van der Waals surface area contributed by atoms with Crippen molar-refractivity contribution in [2.75, 3.05) is 12.4 Å². The van der Waals surface area contributed by atoms with Crippen LogP contribution in [0.5, 0.6) is 5.75 Å². The van der Waals surface area contributed by atoms with E-state index in [4.69, 9.17) is 4.74 Å². The van der Waals surface area contributed by atoms with Crippen LogP contribution in [0.3, 0.4) is 0 Å². The Morgan fingerprint density at radius 1 is 0.865 bits per heavy atom. The number of nitrogens with zero attached hydrogens (tertiary/aromatic N) is 2. The van der Waals surface area contributed by atoms with Gasteiger partial charge < -0.3 is 10.1 Å². The molecule has 0 saturated heterocycles. The zero-order valence-electron chi connectivity index (χ0n) is 21.0. The first-order chi connectivity index (χ1) is 18.0. The Morgan fingerprint density at radius 2 is 1.46 bits per heavy atom. The number of anilines is 1. The van der Waals surface area contributed by atoms with Crippen molar-refractivity contribution >= 4 is 28.3 Å². The Labute approximate surface area is 220 Å². The van der Waals surface area contributed by atoms with E-state index in [0.29, 0.717) is 16.6 Å². The first-order valence-corrected chi connectivity index (χ1v) is 13.0. The molecule has 4 aromatic rings. The molecule has 2 amide bonds. The predicted molar refractivity (Wildman–Crippen MR) is 147 cm³/mol. The summed E-state index contributed by atoms with van der Waals surface area (Å²) in [6.07, 6.45) is 0.715. The predicted octanol–water partition coefficient (Wildman–Crippen LogP) is 5.52. The third kappa shape index (κ3) is 6.40. The van der Waals surface area contributed by atoms with E-state index in [-0.39, 0.29) is 17.7 Å². The van der Waals surface area contributed by atoms with E-state index in [2.05, 4.69) is 20.8 Å². The van der Waals surface area contributed by atoms with Gasteiger partial charge in [-0.05, 0) is 41.3 Å². The molecular formula is C29H30N4O3S. The Morgan fingerprint density at radius 3 is 2.00 bits per heavy atom. The number of benzene rings is 3. The second kappa shape index (κ2) is 12.3. The van der Waals surface area contributed by atoms with Gasteiger partial charge in [0.25, 0.3) is 0 Å². The van der Waals surface area contributed by atoms with Crippen molar-refractivity contribution in [3.63, 3.8) is 0 Å². The first-order valence-electron chi connectivity index (χ1n) is 12.2. The maximum atomic E-state index is 13.6. The van der Waals surface area contributed by atoms with E-state index in [0.717, 1.165) is 22.4 Å². The minimum absolute atomic E-state index is 0.0925. The lowest BCUT2D eigenvalue weighted by molar-refractivity contribution is -0.128. The van der Waals surface area contributed by atoms with Crippen LogP contribution < -0.4 is 15.4 Å². The van der Waals surface area contributed by atoms with Gasteiger partial charge in [-0.15, -0.1) is 10.2 Å². The fraction of sp³-hybridized carbons (Fsp3) is 0.241. The van der Waals surface area contributed by atoms with E-state index in [1.165, 1.54) is 11.3 Å².